The minimum Gasteiger partial charge on any atom is -0.329 e. The van der Waals surface area contributed by atoms with Crippen molar-refractivity contribution in [1.29, 1.82) is 0 Å². The van der Waals surface area contributed by atoms with Gasteiger partial charge in [-0.1, -0.05) is 6.92 Å². The van der Waals surface area contributed by atoms with Gasteiger partial charge in [-0.2, -0.15) is 11.8 Å². The molecular weight excluding hydrogens is 242 g/mol. The number of rotatable bonds is 4. The van der Waals surface area contributed by atoms with E-state index < -0.39 is 0 Å². The lowest BCUT2D eigenvalue weighted by Gasteiger charge is -2.50. The lowest BCUT2D eigenvalue weighted by atomic mass is 9.89. The summed E-state index contributed by atoms with van der Waals surface area (Å²) < 4.78 is 0. The van der Waals surface area contributed by atoms with Gasteiger partial charge >= 0.3 is 0 Å². The summed E-state index contributed by atoms with van der Waals surface area (Å²) in [6, 6.07) is 0.739. The van der Waals surface area contributed by atoms with E-state index in [0.29, 0.717) is 5.54 Å². The van der Waals surface area contributed by atoms with Crippen molar-refractivity contribution in [3.8, 4) is 0 Å². The van der Waals surface area contributed by atoms with Gasteiger partial charge in [0.2, 0.25) is 0 Å². The number of hydrogen-bond acceptors (Lipinski definition) is 4. The number of thioether (sulfide) groups is 1. The summed E-state index contributed by atoms with van der Waals surface area (Å²) in [5.74, 6) is 2.59. The highest BCUT2D eigenvalue weighted by Gasteiger charge is 2.38. The molecule has 2 rings (SSSR count). The van der Waals surface area contributed by atoms with Gasteiger partial charge in [-0.05, 0) is 37.7 Å². The Bertz CT molecular complexity index is 245. The van der Waals surface area contributed by atoms with Gasteiger partial charge in [-0.25, -0.2) is 0 Å². The predicted molar refractivity (Wildman–Crippen MR) is 81.2 cm³/mol. The fraction of sp³-hybridized carbons (Fsp3) is 1.00. The molecule has 2 saturated heterocycles. The van der Waals surface area contributed by atoms with E-state index in [1.54, 1.807) is 0 Å². The molecule has 18 heavy (non-hydrogen) atoms. The van der Waals surface area contributed by atoms with Crippen molar-refractivity contribution < 1.29 is 0 Å². The molecule has 0 aromatic rings. The van der Waals surface area contributed by atoms with Crippen molar-refractivity contribution in [3.05, 3.63) is 0 Å². The monoisotopic (exact) mass is 271 g/mol. The molecule has 0 saturated carbocycles. The van der Waals surface area contributed by atoms with Crippen LogP contribution in [0.15, 0.2) is 0 Å². The van der Waals surface area contributed by atoms with Crippen LogP contribution < -0.4 is 5.73 Å². The maximum absolute atomic E-state index is 6.13. The third-order valence-electron chi connectivity index (χ3n) is 5.00. The van der Waals surface area contributed by atoms with E-state index in [1.807, 2.05) is 0 Å². The maximum atomic E-state index is 6.13. The first-order valence-corrected chi connectivity index (χ1v) is 8.64. The van der Waals surface area contributed by atoms with Crippen LogP contribution in [0.5, 0.6) is 0 Å². The lowest BCUT2D eigenvalue weighted by molar-refractivity contribution is 0.0180. The molecule has 2 aliphatic heterocycles. The lowest BCUT2D eigenvalue weighted by Crippen LogP contribution is -2.62. The summed E-state index contributed by atoms with van der Waals surface area (Å²) in [5.41, 5.74) is 6.45. The number of nitrogens with two attached hydrogens (primary N) is 1. The van der Waals surface area contributed by atoms with E-state index in [2.05, 4.69) is 35.4 Å². The molecule has 0 radical (unpaired) electrons. The predicted octanol–water partition coefficient (Wildman–Crippen LogP) is 1.63. The topological polar surface area (TPSA) is 32.5 Å². The molecule has 2 aliphatic rings. The molecule has 106 valence electrons. The molecule has 1 unspecified atom stereocenters. The van der Waals surface area contributed by atoms with Gasteiger partial charge in [-0.3, -0.25) is 9.80 Å². The van der Waals surface area contributed by atoms with Gasteiger partial charge in [0.25, 0.3) is 0 Å². The zero-order valence-corrected chi connectivity index (χ0v) is 12.8. The Labute approximate surface area is 116 Å². The summed E-state index contributed by atoms with van der Waals surface area (Å²) >= 11 is 2.09. The van der Waals surface area contributed by atoms with E-state index in [0.717, 1.165) is 12.6 Å². The van der Waals surface area contributed by atoms with Crippen LogP contribution in [-0.2, 0) is 0 Å². The quantitative estimate of drug-likeness (QED) is 0.842. The fourth-order valence-electron chi connectivity index (χ4n) is 3.30. The number of hydrogen-bond donors (Lipinski definition) is 1. The third kappa shape index (κ3) is 3.03. The normalized spacial score (nSPS) is 28.2. The Morgan fingerprint density at radius 2 is 1.78 bits per heavy atom. The molecule has 0 bridgehead atoms. The molecule has 0 spiro atoms. The van der Waals surface area contributed by atoms with Crippen LogP contribution in [0.4, 0.5) is 0 Å². The fourth-order valence-corrected chi connectivity index (χ4v) is 4.55. The van der Waals surface area contributed by atoms with Crippen LogP contribution in [0, 0.1) is 0 Å². The van der Waals surface area contributed by atoms with Gasteiger partial charge < -0.3 is 5.73 Å². The van der Waals surface area contributed by atoms with E-state index in [-0.39, 0.29) is 0 Å². The second-order valence-electron chi connectivity index (χ2n) is 5.82. The van der Waals surface area contributed by atoms with Crippen LogP contribution in [0.2, 0.25) is 0 Å². The molecule has 0 amide bonds. The summed E-state index contributed by atoms with van der Waals surface area (Å²) in [6.07, 6.45) is 3.84. The Morgan fingerprint density at radius 1 is 1.17 bits per heavy atom. The van der Waals surface area contributed by atoms with Crippen LogP contribution in [0.3, 0.4) is 0 Å². The first kappa shape index (κ1) is 14.6. The Hall–Kier alpha value is 0.230. The molecule has 0 aromatic carbocycles. The highest BCUT2D eigenvalue weighted by molar-refractivity contribution is 7.99. The number of piperazine rings is 1. The molecular formula is C14H29N3S. The molecule has 1 atom stereocenters. The van der Waals surface area contributed by atoms with Gasteiger partial charge in [0.15, 0.2) is 0 Å². The van der Waals surface area contributed by atoms with Crippen LogP contribution in [-0.4, -0.2) is 65.6 Å². The summed E-state index contributed by atoms with van der Waals surface area (Å²) in [4.78, 5) is 5.34. The van der Waals surface area contributed by atoms with Crippen molar-refractivity contribution in [2.24, 2.45) is 5.73 Å². The van der Waals surface area contributed by atoms with E-state index in [1.165, 1.54) is 56.9 Å². The van der Waals surface area contributed by atoms with Gasteiger partial charge in [0.1, 0.15) is 0 Å². The average molecular weight is 271 g/mol. The van der Waals surface area contributed by atoms with Gasteiger partial charge in [0, 0.05) is 44.3 Å². The zero-order valence-electron chi connectivity index (χ0n) is 12.0. The first-order valence-electron chi connectivity index (χ1n) is 7.49. The number of nitrogens with zero attached hydrogens (tertiary/aromatic N) is 2. The minimum atomic E-state index is 0.326. The first-order chi connectivity index (χ1) is 8.72. The Balaban J connectivity index is 1.91. The van der Waals surface area contributed by atoms with Gasteiger partial charge in [-0.15, -0.1) is 0 Å². The summed E-state index contributed by atoms with van der Waals surface area (Å²) in [5, 5.41) is 0. The van der Waals surface area contributed by atoms with Crippen molar-refractivity contribution in [2.45, 2.75) is 44.7 Å². The van der Waals surface area contributed by atoms with Crippen LogP contribution >= 0.6 is 11.8 Å². The average Bonchev–Trinajstić information content (AvgIpc) is 2.47. The Kier molecular flexibility index (Phi) is 5.36. The van der Waals surface area contributed by atoms with Gasteiger partial charge in [0.05, 0.1) is 0 Å². The highest BCUT2D eigenvalue weighted by atomic mass is 32.2. The Morgan fingerprint density at radius 3 is 2.28 bits per heavy atom. The zero-order chi connectivity index (χ0) is 13.0. The van der Waals surface area contributed by atoms with Crippen LogP contribution in [0.1, 0.15) is 33.1 Å². The molecule has 4 heteroatoms. The summed E-state index contributed by atoms with van der Waals surface area (Å²) in [6.45, 7) is 10.4. The molecule has 0 aromatic heterocycles. The molecule has 2 N–H and O–H groups in total. The second-order valence-corrected chi connectivity index (χ2v) is 7.05. The van der Waals surface area contributed by atoms with Crippen molar-refractivity contribution in [3.63, 3.8) is 0 Å². The third-order valence-corrected chi connectivity index (χ3v) is 5.99. The largest absolute Gasteiger partial charge is 0.329 e. The van der Waals surface area contributed by atoms with Crippen molar-refractivity contribution in [2.75, 3.05) is 44.2 Å². The SMILES string of the molecule is CCC(C)N1CCN(C2(CN)CCSCC2)CC1. The second kappa shape index (κ2) is 6.60. The van der Waals surface area contributed by atoms with E-state index >= 15 is 0 Å². The molecule has 3 nitrogen and oxygen atoms in total. The van der Waals surface area contributed by atoms with Crippen molar-refractivity contribution >= 4 is 11.8 Å². The van der Waals surface area contributed by atoms with E-state index in [4.69, 9.17) is 5.73 Å². The molecule has 2 fully saturated rings. The maximum Gasteiger partial charge on any atom is 0.0348 e. The summed E-state index contributed by atoms with van der Waals surface area (Å²) in [7, 11) is 0. The smallest absolute Gasteiger partial charge is 0.0348 e. The minimum absolute atomic E-state index is 0.326. The molecule has 0 aliphatic carbocycles. The molecule has 2 heterocycles. The highest BCUT2D eigenvalue weighted by Crippen LogP contribution is 2.32. The van der Waals surface area contributed by atoms with E-state index in [9.17, 15) is 0 Å². The van der Waals surface area contributed by atoms with Crippen LogP contribution in [0.25, 0.3) is 0 Å². The van der Waals surface area contributed by atoms with Crippen molar-refractivity contribution in [1.82, 2.24) is 9.80 Å². The standard InChI is InChI=1S/C14H29N3S/c1-3-13(2)16-6-8-17(9-7-16)14(12-15)4-10-18-11-5-14/h13H,3-12,15H2,1-2H3.